The van der Waals surface area contributed by atoms with E-state index >= 15 is 0 Å². The van der Waals surface area contributed by atoms with Crippen LogP contribution in [0.3, 0.4) is 0 Å². The van der Waals surface area contributed by atoms with Gasteiger partial charge in [0.15, 0.2) is 0 Å². The Morgan fingerprint density at radius 1 is 1.35 bits per heavy atom. The fourth-order valence-electron chi connectivity index (χ4n) is 5.65. The molecule has 0 aliphatic heterocycles. The van der Waals surface area contributed by atoms with Gasteiger partial charge < -0.3 is 4.74 Å². The summed E-state index contributed by atoms with van der Waals surface area (Å²) in [7, 11) is 0. The van der Waals surface area contributed by atoms with Gasteiger partial charge >= 0.3 is 5.97 Å². The molecule has 3 aliphatic rings. The Kier molecular flexibility index (Phi) is 3.59. The van der Waals surface area contributed by atoms with Gasteiger partial charge in [-0.25, -0.2) is 0 Å². The molecule has 4 atom stereocenters. The Morgan fingerprint density at radius 3 is 3.00 bits per heavy atom. The lowest BCUT2D eigenvalue weighted by molar-refractivity contribution is -0.131. The fraction of sp³-hybridized carbons (Fsp3) is 0.571. The highest BCUT2D eigenvalue weighted by atomic mass is 16.5. The standard InChI is InChI=1S/C21H26O2/c1-3-21-11-4-5-20(21)19-8-6-15-13-16(23-14(2)22)7-9-17(15)18(19)10-12-21/h4,7,9,11,13,18-20H,3,5-6,8,10,12H2,1-2H3/t18-,19-,20+,21+/m1/s1. The quantitative estimate of drug-likeness (QED) is 0.435. The van der Waals surface area contributed by atoms with Crippen molar-refractivity contribution in [1.29, 1.82) is 0 Å². The van der Waals surface area contributed by atoms with Crippen molar-refractivity contribution in [3.05, 3.63) is 41.5 Å². The molecule has 23 heavy (non-hydrogen) atoms. The first kappa shape index (κ1) is 15.0. The molecule has 0 spiro atoms. The molecule has 0 bridgehead atoms. The molecule has 0 aromatic heterocycles. The minimum atomic E-state index is -0.235. The number of rotatable bonds is 2. The van der Waals surface area contributed by atoms with Crippen molar-refractivity contribution in [2.45, 2.75) is 58.3 Å². The zero-order valence-electron chi connectivity index (χ0n) is 14.2. The smallest absolute Gasteiger partial charge is 0.308 e. The molecule has 3 aliphatic carbocycles. The molecule has 0 radical (unpaired) electrons. The summed E-state index contributed by atoms with van der Waals surface area (Å²) in [6.07, 6.45) is 12.6. The van der Waals surface area contributed by atoms with Crippen molar-refractivity contribution in [1.82, 2.24) is 0 Å². The van der Waals surface area contributed by atoms with Gasteiger partial charge in [0.05, 0.1) is 0 Å². The second kappa shape index (κ2) is 5.51. The van der Waals surface area contributed by atoms with E-state index in [4.69, 9.17) is 4.74 Å². The molecule has 2 heteroatoms. The maximum atomic E-state index is 11.2. The van der Waals surface area contributed by atoms with E-state index < -0.39 is 0 Å². The molecule has 1 aromatic carbocycles. The summed E-state index contributed by atoms with van der Waals surface area (Å²) in [5.41, 5.74) is 3.41. The van der Waals surface area contributed by atoms with E-state index in [1.165, 1.54) is 50.2 Å². The summed E-state index contributed by atoms with van der Waals surface area (Å²) in [5.74, 6) is 2.84. The SMILES string of the molecule is CC[C@@]12C=CC[C@H]1[C@@H]1CCc3cc(OC(C)=O)ccc3[C@H]1CC2. The minimum Gasteiger partial charge on any atom is -0.427 e. The van der Waals surface area contributed by atoms with Crippen LogP contribution >= 0.6 is 0 Å². The summed E-state index contributed by atoms with van der Waals surface area (Å²) in [6, 6.07) is 6.31. The van der Waals surface area contributed by atoms with E-state index in [1.807, 2.05) is 6.07 Å². The number of aryl methyl sites for hydroxylation is 1. The lowest BCUT2D eigenvalue weighted by Crippen LogP contribution is -2.40. The molecule has 0 N–H and O–H groups in total. The number of allylic oxidation sites excluding steroid dienone is 2. The molecule has 0 unspecified atom stereocenters. The van der Waals surface area contributed by atoms with Crippen molar-refractivity contribution < 1.29 is 9.53 Å². The summed E-state index contributed by atoms with van der Waals surface area (Å²) < 4.78 is 5.27. The number of carbonyl (C=O) groups excluding carboxylic acids is 1. The first-order valence-electron chi connectivity index (χ1n) is 9.12. The molecule has 0 amide bonds. The molecule has 2 nitrogen and oxygen atoms in total. The normalized spacial score (nSPS) is 34.4. The number of hydrogen-bond donors (Lipinski definition) is 0. The first-order valence-corrected chi connectivity index (χ1v) is 9.12. The molecule has 0 heterocycles. The van der Waals surface area contributed by atoms with Crippen molar-refractivity contribution >= 4 is 5.97 Å². The van der Waals surface area contributed by atoms with Crippen molar-refractivity contribution in [2.75, 3.05) is 0 Å². The third kappa shape index (κ3) is 2.34. The lowest BCUT2D eigenvalue weighted by atomic mass is 9.54. The van der Waals surface area contributed by atoms with Crippen LogP contribution in [0.15, 0.2) is 30.4 Å². The van der Waals surface area contributed by atoms with Crippen LogP contribution in [-0.4, -0.2) is 5.97 Å². The largest absolute Gasteiger partial charge is 0.427 e. The predicted octanol–water partition coefficient (Wildman–Crippen LogP) is 5.02. The van der Waals surface area contributed by atoms with E-state index in [2.05, 4.69) is 31.2 Å². The van der Waals surface area contributed by atoms with Gasteiger partial charge in [0.1, 0.15) is 5.75 Å². The van der Waals surface area contributed by atoms with Crippen LogP contribution in [0.4, 0.5) is 0 Å². The number of fused-ring (bicyclic) bond motifs is 5. The summed E-state index contributed by atoms with van der Waals surface area (Å²) in [4.78, 5) is 11.2. The van der Waals surface area contributed by atoms with Crippen LogP contribution in [0.25, 0.3) is 0 Å². The topological polar surface area (TPSA) is 26.3 Å². The zero-order chi connectivity index (χ0) is 16.0. The molecular weight excluding hydrogens is 284 g/mol. The van der Waals surface area contributed by atoms with Gasteiger partial charge in [-0.05, 0) is 85.0 Å². The van der Waals surface area contributed by atoms with Gasteiger partial charge in [0.2, 0.25) is 0 Å². The Labute approximate surface area is 138 Å². The van der Waals surface area contributed by atoms with Crippen LogP contribution in [0.5, 0.6) is 5.75 Å². The highest BCUT2D eigenvalue weighted by Crippen LogP contribution is 2.60. The maximum Gasteiger partial charge on any atom is 0.308 e. The lowest BCUT2D eigenvalue weighted by Gasteiger charge is -2.50. The fourth-order valence-corrected chi connectivity index (χ4v) is 5.65. The average Bonchev–Trinajstić information content (AvgIpc) is 2.98. The van der Waals surface area contributed by atoms with Gasteiger partial charge in [-0.1, -0.05) is 25.1 Å². The number of carbonyl (C=O) groups is 1. The van der Waals surface area contributed by atoms with Gasteiger partial charge in [0, 0.05) is 6.92 Å². The summed E-state index contributed by atoms with van der Waals surface area (Å²) in [5, 5.41) is 0. The van der Waals surface area contributed by atoms with Gasteiger partial charge in [0.25, 0.3) is 0 Å². The van der Waals surface area contributed by atoms with Gasteiger partial charge in [-0.15, -0.1) is 0 Å². The van der Waals surface area contributed by atoms with Gasteiger partial charge in [-0.2, -0.15) is 0 Å². The molecule has 122 valence electrons. The monoisotopic (exact) mass is 310 g/mol. The Balaban J connectivity index is 1.63. The van der Waals surface area contributed by atoms with Crippen molar-refractivity contribution in [3.63, 3.8) is 0 Å². The predicted molar refractivity (Wildman–Crippen MR) is 91.5 cm³/mol. The third-order valence-electron chi connectivity index (χ3n) is 6.71. The third-order valence-corrected chi connectivity index (χ3v) is 6.71. The number of benzene rings is 1. The van der Waals surface area contributed by atoms with Crippen molar-refractivity contribution in [3.8, 4) is 5.75 Å². The summed E-state index contributed by atoms with van der Waals surface area (Å²) >= 11 is 0. The molecule has 4 rings (SSSR count). The van der Waals surface area contributed by atoms with E-state index in [9.17, 15) is 4.79 Å². The second-order valence-corrected chi connectivity index (χ2v) is 7.63. The second-order valence-electron chi connectivity index (χ2n) is 7.63. The Morgan fingerprint density at radius 2 is 2.22 bits per heavy atom. The van der Waals surface area contributed by atoms with Gasteiger partial charge in [-0.3, -0.25) is 4.79 Å². The highest BCUT2D eigenvalue weighted by Gasteiger charge is 2.49. The van der Waals surface area contributed by atoms with Crippen LogP contribution in [0, 0.1) is 17.3 Å². The van der Waals surface area contributed by atoms with E-state index in [0.29, 0.717) is 17.1 Å². The molecule has 1 aromatic rings. The van der Waals surface area contributed by atoms with Crippen LogP contribution in [0.1, 0.15) is 63.0 Å². The zero-order valence-corrected chi connectivity index (χ0v) is 14.2. The highest BCUT2D eigenvalue weighted by molar-refractivity contribution is 5.69. The van der Waals surface area contributed by atoms with Crippen LogP contribution in [0.2, 0.25) is 0 Å². The van der Waals surface area contributed by atoms with E-state index in [-0.39, 0.29) is 5.97 Å². The van der Waals surface area contributed by atoms with Crippen LogP contribution < -0.4 is 4.74 Å². The van der Waals surface area contributed by atoms with E-state index in [1.54, 1.807) is 0 Å². The number of ether oxygens (including phenoxy) is 1. The minimum absolute atomic E-state index is 0.235. The maximum absolute atomic E-state index is 11.2. The summed E-state index contributed by atoms with van der Waals surface area (Å²) in [6.45, 7) is 3.83. The van der Waals surface area contributed by atoms with Crippen LogP contribution in [-0.2, 0) is 11.2 Å². The Hall–Kier alpha value is -1.57. The average molecular weight is 310 g/mol. The van der Waals surface area contributed by atoms with E-state index in [0.717, 1.165) is 18.3 Å². The molecule has 1 saturated carbocycles. The molecular formula is C21H26O2. The number of hydrogen-bond acceptors (Lipinski definition) is 2. The first-order chi connectivity index (χ1) is 11.1. The Bertz CT molecular complexity index is 660. The molecule has 1 fully saturated rings. The molecule has 0 saturated heterocycles. The van der Waals surface area contributed by atoms with Crippen molar-refractivity contribution in [2.24, 2.45) is 17.3 Å². The number of esters is 1.